The number of rotatable bonds is 5. The normalized spacial score (nSPS) is 14.5. The number of sulfonamides is 1. The Kier molecular flexibility index (Phi) is 7.76. The van der Waals surface area contributed by atoms with E-state index in [4.69, 9.17) is 0 Å². The maximum atomic E-state index is 13.6. The molecular formula is C21H19FN5NaO5S. The van der Waals surface area contributed by atoms with E-state index >= 15 is 0 Å². The molecule has 172 valence electrons. The number of nitrogens with zero attached hydrogens (tertiary/aromatic N) is 3. The van der Waals surface area contributed by atoms with Gasteiger partial charge in [-0.15, -0.1) is 0 Å². The molecule has 0 bridgehead atoms. The molecule has 3 heterocycles. The van der Waals surface area contributed by atoms with Crippen molar-refractivity contribution in [3.8, 4) is 5.75 Å². The van der Waals surface area contributed by atoms with E-state index in [0.29, 0.717) is 12.0 Å². The smallest absolute Gasteiger partial charge is 0.869 e. The van der Waals surface area contributed by atoms with Gasteiger partial charge in [-0.05, 0) is 42.0 Å². The number of hydrogen-bond donors (Lipinski definition) is 2. The molecular weight excluding hydrogens is 476 g/mol. The molecule has 0 atom stereocenters. The molecule has 1 aromatic carbocycles. The summed E-state index contributed by atoms with van der Waals surface area (Å²) in [7, 11) is -2.25. The Morgan fingerprint density at radius 1 is 1.24 bits per heavy atom. The van der Waals surface area contributed by atoms with Crippen molar-refractivity contribution in [1.82, 2.24) is 20.6 Å². The van der Waals surface area contributed by atoms with Crippen molar-refractivity contribution in [2.24, 2.45) is 0 Å². The Balaban J connectivity index is 0.00000324. The second-order valence-corrected chi connectivity index (χ2v) is 9.33. The third-order valence-electron chi connectivity index (χ3n) is 5.23. The summed E-state index contributed by atoms with van der Waals surface area (Å²) in [5.41, 5.74) is -0.264. The van der Waals surface area contributed by atoms with Crippen LogP contribution in [-0.2, 0) is 16.6 Å². The van der Waals surface area contributed by atoms with Gasteiger partial charge in [0.25, 0.3) is 11.8 Å². The SMILES string of the molecule is CNC(=O)c1cc(F)ccc1CNC(=O)c1nc(N2CCCS2(=O)=O)c2cccnc2c1[O-].[Na+]. The fraction of sp³-hybridized carbons (Fsp3) is 0.238. The minimum Gasteiger partial charge on any atom is -0.869 e. The third kappa shape index (κ3) is 4.85. The van der Waals surface area contributed by atoms with E-state index in [1.54, 1.807) is 6.07 Å². The number of fused-ring (bicyclic) bond motifs is 1. The molecule has 1 saturated heterocycles. The molecule has 0 aliphatic carbocycles. The van der Waals surface area contributed by atoms with E-state index in [-0.39, 0.29) is 70.7 Å². The summed E-state index contributed by atoms with van der Waals surface area (Å²) in [6.45, 7) is -0.0236. The summed E-state index contributed by atoms with van der Waals surface area (Å²) in [6.07, 6.45) is 1.75. The molecule has 0 radical (unpaired) electrons. The molecule has 2 N–H and O–H groups in total. The monoisotopic (exact) mass is 495 g/mol. The van der Waals surface area contributed by atoms with Crippen molar-refractivity contribution < 1.29 is 57.1 Å². The van der Waals surface area contributed by atoms with Crippen LogP contribution in [0.3, 0.4) is 0 Å². The summed E-state index contributed by atoms with van der Waals surface area (Å²) in [5.74, 6) is -2.90. The first-order valence-corrected chi connectivity index (χ1v) is 11.6. The molecule has 0 unspecified atom stereocenters. The van der Waals surface area contributed by atoms with Crippen LogP contribution in [-0.4, -0.2) is 49.5 Å². The van der Waals surface area contributed by atoms with Crippen LogP contribution in [0.2, 0.25) is 0 Å². The van der Waals surface area contributed by atoms with Crippen LogP contribution in [0.4, 0.5) is 10.2 Å². The van der Waals surface area contributed by atoms with E-state index < -0.39 is 39.1 Å². The Labute approximate surface area is 216 Å². The largest absolute Gasteiger partial charge is 1.00 e. The van der Waals surface area contributed by atoms with Crippen molar-refractivity contribution >= 4 is 38.6 Å². The van der Waals surface area contributed by atoms with Crippen LogP contribution in [0, 0.1) is 5.82 Å². The minimum absolute atomic E-state index is 0. The molecule has 0 saturated carbocycles. The number of benzene rings is 1. The Morgan fingerprint density at radius 2 is 2.00 bits per heavy atom. The van der Waals surface area contributed by atoms with Gasteiger partial charge < -0.3 is 15.7 Å². The second-order valence-electron chi connectivity index (χ2n) is 7.32. The van der Waals surface area contributed by atoms with E-state index in [1.165, 1.54) is 25.4 Å². The number of carbonyl (C=O) groups excluding carboxylic acids is 2. The number of hydrogen-bond acceptors (Lipinski definition) is 7. The van der Waals surface area contributed by atoms with Gasteiger partial charge in [0.1, 0.15) is 11.5 Å². The minimum atomic E-state index is -3.63. The quantitative estimate of drug-likeness (QED) is 0.378. The maximum Gasteiger partial charge on any atom is 1.00 e. The van der Waals surface area contributed by atoms with E-state index in [9.17, 15) is 27.5 Å². The van der Waals surface area contributed by atoms with E-state index in [1.807, 2.05) is 0 Å². The van der Waals surface area contributed by atoms with Gasteiger partial charge in [-0.1, -0.05) is 6.07 Å². The van der Waals surface area contributed by atoms with Gasteiger partial charge in [0.05, 0.1) is 11.3 Å². The molecule has 1 fully saturated rings. The summed E-state index contributed by atoms with van der Waals surface area (Å²) >= 11 is 0. The van der Waals surface area contributed by atoms with Gasteiger partial charge in [0.15, 0.2) is 5.82 Å². The molecule has 2 aromatic heterocycles. The van der Waals surface area contributed by atoms with Crippen LogP contribution >= 0.6 is 0 Å². The Bertz CT molecular complexity index is 1390. The van der Waals surface area contributed by atoms with Crippen molar-refractivity contribution in [2.75, 3.05) is 23.7 Å². The zero-order chi connectivity index (χ0) is 23.8. The van der Waals surface area contributed by atoms with Crippen molar-refractivity contribution in [2.45, 2.75) is 13.0 Å². The maximum absolute atomic E-state index is 13.6. The molecule has 0 spiro atoms. The van der Waals surface area contributed by atoms with Crippen LogP contribution in [0.5, 0.6) is 5.75 Å². The Hall–Kier alpha value is -2.80. The van der Waals surface area contributed by atoms with Crippen LogP contribution in [0.25, 0.3) is 10.9 Å². The molecule has 13 heteroatoms. The number of nitrogens with one attached hydrogen (secondary N) is 2. The molecule has 10 nitrogen and oxygen atoms in total. The fourth-order valence-corrected chi connectivity index (χ4v) is 5.15. The van der Waals surface area contributed by atoms with Gasteiger partial charge in [0, 0.05) is 37.3 Å². The summed E-state index contributed by atoms with van der Waals surface area (Å²) in [6, 6.07) is 6.59. The number of halogens is 1. The van der Waals surface area contributed by atoms with Gasteiger partial charge in [-0.25, -0.2) is 17.8 Å². The van der Waals surface area contributed by atoms with Crippen LogP contribution in [0.15, 0.2) is 36.5 Å². The first-order chi connectivity index (χ1) is 15.7. The number of pyridine rings is 2. The molecule has 1 aliphatic rings. The average molecular weight is 495 g/mol. The zero-order valence-electron chi connectivity index (χ0n) is 18.5. The first-order valence-electron chi connectivity index (χ1n) is 9.98. The first kappa shape index (κ1) is 25.8. The van der Waals surface area contributed by atoms with E-state index in [2.05, 4.69) is 20.6 Å². The van der Waals surface area contributed by atoms with Gasteiger partial charge in [-0.2, -0.15) is 0 Å². The molecule has 34 heavy (non-hydrogen) atoms. The fourth-order valence-electron chi connectivity index (χ4n) is 3.63. The van der Waals surface area contributed by atoms with Crippen LogP contribution in [0.1, 0.15) is 32.8 Å². The zero-order valence-corrected chi connectivity index (χ0v) is 21.3. The average Bonchev–Trinajstić information content (AvgIpc) is 3.16. The number of anilines is 1. The molecule has 4 rings (SSSR count). The van der Waals surface area contributed by atoms with Gasteiger partial charge in [0.2, 0.25) is 10.0 Å². The predicted molar refractivity (Wildman–Crippen MR) is 116 cm³/mol. The summed E-state index contributed by atoms with van der Waals surface area (Å²) in [4.78, 5) is 33.1. The number of carbonyl (C=O) groups is 2. The molecule has 1 aliphatic heterocycles. The van der Waals surface area contributed by atoms with Crippen molar-refractivity contribution in [3.63, 3.8) is 0 Å². The van der Waals surface area contributed by atoms with Crippen molar-refractivity contribution in [3.05, 3.63) is 59.2 Å². The number of amides is 2. The number of aromatic nitrogens is 2. The summed E-state index contributed by atoms with van der Waals surface area (Å²) < 4.78 is 39.6. The Morgan fingerprint density at radius 3 is 2.68 bits per heavy atom. The molecule has 3 aromatic rings. The van der Waals surface area contributed by atoms with Gasteiger partial charge in [-0.3, -0.25) is 18.9 Å². The second kappa shape index (κ2) is 10.2. The van der Waals surface area contributed by atoms with Gasteiger partial charge >= 0.3 is 29.6 Å². The standard InChI is InChI=1S/C21H20FN5O5S.Na/c1-23-20(29)15-10-13(22)6-5-12(15)11-25-21(30)17-18(28)16-14(4-2-7-24-16)19(26-17)27-8-3-9-33(27,31)32;/h2,4-7,10,28H,3,8-9,11H2,1H3,(H,23,29)(H,25,30);/q;+1/p-1. The van der Waals surface area contributed by atoms with Crippen LogP contribution < -0.4 is 49.6 Å². The topological polar surface area (TPSA) is 144 Å². The molecule has 2 amide bonds. The summed E-state index contributed by atoms with van der Waals surface area (Å²) in [5, 5.41) is 18.0. The van der Waals surface area contributed by atoms with Crippen molar-refractivity contribution in [1.29, 1.82) is 0 Å². The predicted octanol–water partition coefficient (Wildman–Crippen LogP) is -2.32. The third-order valence-corrected chi connectivity index (χ3v) is 7.06. The van der Waals surface area contributed by atoms with E-state index in [0.717, 1.165) is 16.4 Å².